The lowest BCUT2D eigenvalue weighted by Gasteiger charge is -1.88. The third-order valence-electron chi connectivity index (χ3n) is 1.88. The molecule has 0 aliphatic carbocycles. The normalized spacial score (nSPS) is 10.8. The third-order valence-corrected chi connectivity index (χ3v) is 2.09. The van der Waals surface area contributed by atoms with Crippen LogP contribution in [0.3, 0.4) is 0 Å². The van der Waals surface area contributed by atoms with Gasteiger partial charge in [-0.2, -0.15) is 0 Å². The largest absolute Gasteiger partial charge is 0.357 e. The van der Waals surface area contributed by atoms with E-state index in [1.165, 1.54) is 5.69 Å². The highest BCUT2D eigenvalue weighted by Gasteiger charge is 1.99. The van der Waals surface area contributed by atoms with Gasteiger partial charge in [0.2, 0.25) is 0 Å². The molecule has 2 heterocycles. The number of pyridine rings is 1. The van der Waals surface area contributed by atoms with Crippen molar-refractivity contribution in [3.05, 3.63) is 29.0 Å². The molecule has 0 saturated heterocycles. The molecular weight excluding hydrogens is 172 g/mol. The molecule has 0 radical (unpaired) electrons. The summed E-state index contributed by atoms with van der Waals surface area (Å²) in [5.74, 6) is 0. The molecule has 3 heteroatoms. The van der Waals surface area contributed by atoms with Crippen molar-refractivity contribution < 1.29 is 0 Å². The minimum atomic E-state index is 0.546. The Kier molecular flexibility index (Phi) is 1.77. The molecule has 2 aromatic heterocycles. The van der Waals surface area contributed by atoms with Crippen LogP contribution in [0.15, 0.2) is 18.2 Å². The van der Waals surface area contributed by atoms with E-state index in [0.717, 1.165) is 17.5 Å². The molecule has 0 bridgehead atoms. The summed E-state index contributed by atoms with van der Waals surface area (Å²) in [6.45, 7) is 2.10. The fourth-order valence-electron chi connectivity index (χ4n) is 1.23. The molecule has 2 rings (SSSR count). The van der Waals surface area contributed by atoms with Crippen LogP contribution in [0.4, 0.5) is 0 Å². The van der Waals surface area contributed by atoms with Crippen molar-refractivity contribution >= 4 is 22.6 Å². The molecule has 0 amide bonds. The van der Waals surface area contributed by atoms with Crippen LogP contribution in [0.25, 0.3) is 11.0 Å². The van der Waals surface area contributed by atoms with Gasteiger partial charge in [0.05, 0.1) is 11.0 Å². The monoisotopic (exact) mass is 180 g/mol. The van der Waals surface area contributed by atoms with E-state index in [2.05, 4.69) is 16.9 Å². The summed E-state index contributed by atoms with van der Waals surface area (Å²) >= 11 is 5.75. The van der Waals surface area contributed by atoms with Crippen molar-refractivity contribution in [2.45, 2.75) is 13.3 Å². The van der Waals surface area contributed by atoms with Crippen LogP contribution in [0, 0.1) is 0 Å². The van der Waals surface area contributed by atoms with E-state index in [0.29, 0.717) is 5.15 Å². The first kappa shape index (κ1) is 7.62. The van der Waals surface area contributed by atoms with Gasteiger partial charge < -0.3 is 4.98 Å². The van der Waals surface area contributed by atoms with Crippen LogP contribution in [-0.2, 0) is 6.42 Å². The zero-order valence-electron chi connectivity index (χ0n) is 6.76. The fraction of sp³-hybridized carbons (Fsp3) is 0.222. The number of fused-ring (bicyclic) bond motifs is 1. The maximum atomic E-state index is 5.75. The highest BCUT2D eigenvalue weighted by Crippen LogP contribution is 2.16. The van der Waals surface area contributed by atoms with E-state index in [9.17, 15) is 0 Å². The Hall–Kier alpha value is -1.02. The number of halogens is 1. The number of nitrogens with zero attached hydrogens (tertiary/aromatic N) is 1. The average Bonchev–Trinajstić information content (AvgIpc) is 2.46. The van der Waals surface area contributed by atoms with Crippen LogP contribution in [0.1, 0.15) is 12.6 Å². The van der Waals surface area contributed by atoms with E-state index in [-0.39, 0.29) is 0 Å². The van der Waals surface area contributed by atoms with Crippen LogP contribution in [0.5, 0.6) is 0 Å². The quantitative estimate of drug-likeness (QED) is 0.672. The van der Waals surface area contributed by atoms with Gasteiger partial charge in [-0.05, 0) is 24.6 Å². The molecule has 0 aromatic carbocycles. The van der Waals surface area contributed by atoms with Crippen molar-refractivity contribution in [2.75, 3.05) is 0 Å². The smallest absolute Gasteiger partial charge is 0.129 e. The maximum absolute atomic E-state index is 5.75. The van der Waals surface area contributed by atoms with E-state index in [4.69, 9.17) is 11.6 Å². The predicted molar refractivity (Wildman–Crippen MR) is 50.5 cm³/mol. The van der Waals surface area contributed by atoms with Gasteiger partial charge in [-0.1, -0.05) is 18.5 Å². The third kappa shape index (κ3) is 1.18. The highest BCUT2D eigenvalue weighted by molar-refractivity contribution is 6.29. The number of rotatable bonds is 1. The second-order valence-electron chi connectivity index (χ2n) is 2.71. The van der Waals surface area contributed by atoms with Gasteiger partial charge in [0.25, 0.3) is 0 Å². The number of aryl methyl sites for hydroxylation is 1. The van der Waals surface area contributed by atoms with Crippen molar-refractivity contribution in [3.63, 3.8) is 0 Å². The molecule has 0 fully saturated rings. The number of nitrogens with one attached hydrogen (secondary N) is 1. The van der Waals surface area contributed by atoms with Crippen LogP contribution >= 0.6 is 11.6 Å². The van der Waals surface area contributed by atoms with E-state index < -0.39 is 0 Å². The lowest BCUT2D eigenvalue weighted by Crippen LogP contribution is -1.75. The molecule has 0 atom stereocenters. The van der Waals surface area contributed by atoms with Crippen LogP contribution < -0.4 is 0 Å². The lowest BCUT2D eigenvalue weighted by molar-refractivity contribution is 1.07. The second kappa shape index (κ2) is 2.79. The van der Waals surface area contributed by atoms with Crippen molar-refractivity contribution in [1.29, 1.82) is 0 Å². The minimum absolute atomic E-state index is 0.546. The van der Waals surface area contributed by atoms with Crippen molar-refractivity contribution in [1.82, 2.24) is 9.97 Å². The van der Waals surface area contributed by atoms with Gasteiger partial charge in [0, 0.05) is 5.69 Å². The number of aromatic nitrogens is 2. The van der Waals surface area contributed by atoms with Gasteiger partial charge in [0.15, 0.2) is 0 Å². The van der Waals surface area contributed by atoms with Crippen molar-refractivity contribution in [2.24, 2.45) is 0 Å². The highest BCUT2D eigenvalue weighted by atomic mass is 35.5. The van der Waals surface area contributed by atoms with Gasteiger partial charge in [0.1, 0.15) is 5.15 Å². The maximum Gasteiger partial charge on any atom is 0.129 e. The average molecular weight is 181 g/mol. The first-order valence-corrected chi connectivity index (χ1v) is 4.31. The molecule has 1 N–H and O–H groups in total. The van der Waals surface area contributed by atoms with Gasteiger partial charge >= 0.3 is 0 Å². The summed E-state index contributed by atoms with van der Waals surface area (Å²) in [7, 11) is 0. The summed E-state index contributed by atoms with van der Waals surface area (Å²) in [5.41, 5.74) is 3.19. The van der Waals surface area contributed by atoms with Gasteiger partial charge in [-0.25, -0.2) is 4.98 Å². The number of H-pyrrole nitrogens is 1. The minimum Gasteiger partial charge on any atom is -0.357 e. The first-order valence-electron chi connectivity index (χ1n) is 3.93. The molecule has 0 aliphatic rings. The molecule has 12 heavy (non-hydrogen) atoms. The second-order valence-corrected chi connectivity index (χ2v) is 3.10. The van der Waals surface area contributed by atoms with E-state index in [1.807, 2.05) is 12.1 Å². The fourth-order valence-corrected chi connectivity index (χ4v) is 1.38. The lowest BCUT2D eigenvalue weighted by atomic mass is 10.3. The first-order chi connectivity index (χ1) is 5.79. The molecule has 0 spiro atoms. The summed E-state index contributed by atoms with van der Waals surface area (Å²) in [6, 6.07) is 5.77. The van der Waals surface area contributed by atoms with E-state index >= 15 is 0 Å². The molecule has 62 valence electrons. The zero-order chi connectivity index (χ0) is 8.55. The summed E-state index contributed by atoms with van der Waals surface area (Å²) in [4.78, 5) is 7.43. The Morgan fingerprint density at radius 3 is 3.08 bits per heavy atom. The Morgan fingerprint density at radius 1 is 1.50 bits per heavy atom. The Balaban J connectivity index is 2.67. The number of aromatic amines is 1. The van der Waals surface area contributed by atoms with E-state index in [1.54, 1.807) is 6.07 Å². The number of hydrogen-bond donors (Lipinski definition) is 1. The number of hydrogen-bond acceptors (Lipinski definition) is 1. The molecule has 0 aliphatic heterocycles. The molecule has 0 unspecified atom stereocenters. The zero-order valence-corrected chi connectivity index (χ0v) is 7.52. The topological polar surface area (TPSA) is 28.7 Å². The predicted octanol–water partition coefficient (Wildman–Crippen LogP) is 2.78. The van der Waals surface area contributed by atoms with Crippen LogP contribution in [0.2, 0.25) is 5.15 Å². The SMILES string of the molecule is CCc1cc2nc(Cl)ccc2[nH]1. The van der Waals surface area contributed by atoms with Crippen molar-refractivity contribution in [3.8, 4) is 0 Å². The van der Waals surface area contributed by atoms with Gasteiger partial charge in [-0.3, -0.25) is 0 Å². The van der Waals surface area contributed by atoms with Gasteiger partial charge in [-0.15, -0.1) is 0 Å². The van der Waals surface area contributed by atoms with Crippen LogP contribution in [-0.4, -0.2) is 9.97 Å². The summed E-state index contributed by atoms with van der Waals surface area (Å²) < 4.78 is 0. The Morgan fingerprint density at radius 2 is 2.33 bits per heavy atom. The molecular formula is C9H9ClN2. The Labute approximate surface area is 75.6 Å². The summed E-state index contributed by atoms with van der Waals surface area (Å²) in [5, 5.41) is 0.546. The molecule has 0 saturated carbocycles. The standard InChI is InChI=1S/C9H9ClN2/c1-2-6-5-8-7(11-6)3-4-9(10)12-8/h3-5,11H,2H2,1H3. The Bertz CT molecular complexity index is 406. The summed E-state index contributed by atoms with van der Waals surface area (Å²) in [6.07, 6.45) is 0.994. The molecule has 2 nitrogen and oxygen atoms in total. The molecule has 2 aromatic rings.